The summed E-state index contributed by atoms with van der Waals surface area (Å²) in [6.45, 7) is 10.5. The Labute approximate surface area is 170 Å². The average Bonchev–Trinajstić information content (AvgIpc) is 3.05. The van der Waals surface area contributed by atoms with E-state index in [2.05, 4.69) is 20.9 Å². The molecule has 0 spiro atoms. The highest BCUT2D eigenvalue weighted by Crippen LogP contribution is 2.35. The molecule has 3 rings (SSSR count). The van der Waals surface area contributed by atoms with Crippen LogP contribution in [-0.4, -0.2) is 28.9 Å². The molecule has 1 aromatic heterocycles. The molecular formula is C22H27FN4O2. The second-order valence-electron chi connectivity index (χ2n) is 8.34. The molecule has 1 aromatic carbocycles. The maximum atomic E-state index is 13.6. The van der Waals surface area contributed by atoms with Gasteiger partial charge in [0.25, 0.3) is 5.91 Å². The number of hydrogen-bond donors (Lipinski definition) is 4. The van der Waals surface area contributed by atoms with Gasteiger partial charge in [0.1, 0.15) is 5.82 Å². The Kier molecular flexibility index (Phi) is 5.61. The Bertz CT molecular complexity index is 999. The number of nitrogens with one attached hydrogen (secondary N) is 4. The number of aryl methyl sites for hydroxylation is 1. The van der Waals surface area contributed by atoms with E-state index in [1.807, 2.05) is 34.6 Å². The number of hydrogen-bond acceptors (Lipinski definition) is 3. The number of rotatable bonds is 5. The van der Waals surface area contributed by atoms with E-state index in [-0.39, 0.29) is 17.4 Å². The second kappa shape index (κ2) is 7.83. The molecule has 1 aliphatic rings. The third-order valence-corrected chi connectivity index (χ3v) is 4.80. The van der Waals surface area contributed by atoms with Crippen molar-refractivity contribution in [2.24, 2.45) is 0 Å². The van der Waals surface area contributed by atoms with Gasteiger partial charge >= 0.3 is 0 Å². The van der Waals surface area contributed by atoms with Crippen LogP contribution in [0.1, 0.15) is 49.7 Å². The van der Waals surface area contributed by atoms with Crippen molar-refractivity contribution in [2.75, 3.05) is 17.2 Å². The van der Waals surface area contributed by atoms with Crippen LogP contribution in [0.25, 0.3) is 11.6 Å². The predicted molar refractivity (Wildman–Crippen MR) is 114 cm³/mol. The van der Waals surface area contributed by atoms with Gasteiger partial charge in [0.15, 0.2) is 0 Å². The van der Waals surface area contributed by atoms with E-state index in [4.69, 9.17) is 0 Å². The lowest BCUT2D eigenvalue weighted by molar-refractivity contribution is -0.116. The number of carbonyl (C=O) groups excluding carboxylic acids is 2. The standard InChI is InChI=1S/C22H27FN4O2/c1-12-18(11-16-15-10-14(23)6-7-17(15)26-21(16)29)25-13(2)20(12)27-19(28)8-9-24-22(3,4)5/h6-7,10-11,24-25H,8-9H2,1-5H3,(H,26,29)(H,27,28)/b16-11-. The quantitative estimate of drug-likeness (QED) is 0.575. The molecule has 6 nitrogen and oxygen atoms in total. The van der Waals surface area contributed by atoms with Crippen LogP contribution in [0.15, 0.2) is 18.2 Å². The van der Waals surface area contributed by atoms with E-state index >= 15 is 0 Å². The topological polar surface area (TPSA) is 86.0 Å². The second-order valence-corrected chi connectivity index (χ2v) is 8.34. The molecule has 0 atom stereocenters. The Balaban J connectivity index is 1.80. The SMILES string of the molecule is Cc1[nH]c(/C=C2\C(=O)Nc3ccc(F)cc32)c(C)c1NC(=O)CCNC(C)(C)C. The highest BCUT2D eigenvalue weighted by atomic mass is 19.1. The van der Waals surface area contributed by atoms with Gasteiger partial charge in [-0.15, -0.1) is 0 Å². The number of H-pyrrole nitrogens is 1. The van der Waals surface area contributed by atoms with Gasteiger partial charge in [-0.1, -0.05) is 0 Å². The summed E-state index contributed by atoms with van der Waals surface area (Å²) in [6, 6.07) is 4.21. The van der Waals surface area contributed by atoms with Crippen molar-refractivity contribution in [3.05, 3.63) is 46.5 Å². The summed E-state index contributed by atoms with van der Waals surface area (Å²) in [7, 11) is 0. The van der Waals surface area contributed by atoms with Gasteiger partial charge < -0.3 is 20.9 Å². The molecule has 29 heavy (non-hydrogen) atoms. The van der Waals surface area contributed by atoms with E-state index in [9.17, 15) is 14.0 Å². The maximum absolute atomic E-state index is 13.6. The molecule has 0 bridgehead atoms. The van der Waals surface area contributed by atoms with Crippen molar-refractivity contribution >= 4 is 34.8 Å². The van der Waals surface area contributed by atoms with Crippen molar-refractivity contribution < 1.29 is 14.0 Å². The van der Waals surface area contributed by atoms with Crippen molar-refractivity contribution in [3.8, 4) is 0 Å². The van der Waals surface area contributed by atoms with Gasteiger partial charge in [-0.2, -0.15) is 0 Å². The largest absolute Gasteiger partial charge is 0.357 e. The fourth-order valence-corrected chi connectivity index (χ4v) is 3.31. The zero-order valence-corrected chi connectivity index (χ0v) is 17.4. The van der Waals surface area contributed by atoms with Crippen LogP contribution in [0, 0.1) is 19.7 Å². The number of benzene rings is 1. The molecule has 154 valence electrons. The molecule has 0 radical (unpaired) electrons. The molecule has 2 aromatic rings. The molecule has 4 N–H and O–H groups in total. The Morgan fingerprint density at radius 2 is 1.97 bits per heavy atom. The first-order valence-corrected chi connectivity index (χ1v) is 9.62. The molecular weight excluding hydrogens is 371 g/mol. The van der Waals surface area contributed by atoms with E-state index in [1.165, 1.54) is 12.1 Å². The fraction of sp³-hybridized carbons (Fsp3) is 0.364. The van der Waals surface area contributed by atoms with Gasteiger partial charge in [-0.05, 0) is 64.5 Å². The highest BCUT2D eigenvalue weighted by Gasteiger charge is 2.25. The Hall–Kier alpha value is -2.93. The number of carbonyl (C=O) groups is 2. The van der Waals surface area contributed by atoms with Gasteiger partial charge in [0.05, 0.1) is 11.3 Å². The summed E-state index contributed by atoms with van der Waals surface area (Å²) in [5.41, 5.74) is 4.48. The number of aromatic amines is 1. The molecule has 2 heterocycles. The van der Waals surface area contributed by atoms with Crippen molar-refractivity contribution in [3.63, 3.8) is 0 Å². The summed E-state index contributed by atoms with van der Waals surface area (Å²) in [5, 5.41) is 8.98. The molecule has 0 aliphatic carbocycles. The Morgan fingerprint density at radius 1 is 1.24 bits per heavy atom. The highest BCUT2D eigenvalue weighted by molar-refractivity contribution is 6.34. The van der Waals surface area contributed by atoms with Gasteiger partial charge in [-0.3, -0.25) is 9.59 Å². The van der Waals surface area contributed by atoms with Crippen molar-refractivity contribution in [1.82, 2.24) is 10.3 Å². The summed E-state index contributed by atoms with van der Waals surface area (Å²) in [5.74, 6) is -0.768. The third kappa shape index (κ3) is 4.74. The monoisotopic (exact) mass is 398 g/mol. The third-order valence-electron chi connectivity index (χ3n) is 4.80. The number of amides is 2. The van der Waals surface area contributed by atoms with Crippen molar-refractivity contribution in [2.45, 2.75) is 46.6 Å². The van der Waals surface area contributed by atoms with Gasteiger partial charge in [0, 0.05) is 41.1 Å². The molecule has 0 unspecified atom stereocenters. The normalized spacial score (nSPS) is 14.8. The van der Waals surface area contributed by atoms with E-state index in [1.54, 1.807) is 12.1 Å². The molecule has 2 amide bonds. The molecule has 7 heteroatoms. The molecule has 1 aliphatic heterocycles. The van der Waals surface area contributed by atoms with Crippen LogP contribution in [-0.2, 0) is 9.59 Å². The minimum absolute atomic E-state index is 0.0445. The number of anilines is 2. The van der Waals surface area contributed by atoms with Crippen LogP contribution in [0.5, 0.6) is 0 Å². The molecule has 0 saturated heterocycles. The minimum atomic E-state index is -0.401. The van der Waals surface area contributed by atoms with E-state index in [0.717, 1.165) is 11.3 Å². The average molecular weight is 398 g/mol. The number of halogens is 1. The van der Waals surface area contributed by atoms with Crippen LogP contribution in [0.2, 0.25) is 0 Å². The van der Waals surface area contributed by atoms with Crippen LogP contribution < -0.4 is 16.0 Å². The fourth-order valence-electron chi connectivity index (χ4n) is 3.31. The Morgan fingerprint density at radius 3 is 2.66 bits per heavy atom. The zero-order valence-electron chi connectivity index (χ0n) is 17.4. The smallest absolute Gasteiger partial charge is 0.256 e. The van der Waals surface area contributed by atoms with E-state index in [0.29, 0.717) is 41.2 Å². The molecule has 0 fully saturated rings. The van der Waals surface area contributed by atoms with Crippen LogP contribution in [0.3, 0.4) is 0 Å². The number of aromatic nitrogens is 1. The molecule has 0 saturated carbocycles. The first-order chi connectivity index (χ1) is 13.5. The predicted octanol–water partition coefficient (Wildman–Crippen LogP) is 3.98. The first kappa shape index (κ1) is 20.8. The minimum Gasteiger partial charge on any atom is -0.357 e. The van der Waals surface area contributed by atoms with Crippen LogP contribution >= 0.6 is 0 Å². The van der Waals surface area contributed by atoms with Crippen molar-refractivity contribution in [1.29, 1.82) is 0 Å². The van der Waals surface area contributed by atoms with E-state index < -0.39 is 5.82 Å². The van der Waals surface area contributed by atoms with Gasteiger partial charge in [-0.25, -0.2) is 4.39 Å². The summed E-state index contributed by atoms with van der Waals surface area (Å²) >= 11 is 0. The lowest BCUT2D eigenvalue weighted by Gasteiger charge is -2.20. The summed E-state index contributed by atoms with van der Waals surface area (Å²) in [6.07, 6.45) is 2.05. The maximum Gasteiger partial charge on any atom is 0.256 e. The summed E-state index contributed by atoms with van der Waals surface area (Å²) < 4.78 is 13.6. The first-order valence-electron chi connectivity index (χ1n) is 9.62. The lowest BCUT2D eigenvalue weighted by atomic mass is 10.0. The zero-order chi connectivity index (χ0) is 21.3. The number of fused-ring (bicyclic) bond motifs is 1. The lowest BCUT2D eigenvalue weighted by Crippen LogP contribution is -2.37. The van der Waals surface area contributed by atoms with Crippen LogP contribution in [0.4, 0.5) is 15.8 Å². The summed E-state index contributed by atoms with van der Waals surface area (Å²) in [4.78, 5) is 27.9. The van der Waals surface area contributed by atoms with Gasteiger partial charge in [0.2, 0.25) is 5.91 Å².